The lowest BCUT2D eigenvalue weighted by Gasteiger charge is -2.19. The topological polar surface area (TPSA) is 96.3 Å². The van der Waals surface area contributed by atoms with Crippen molar-refractivity contribution >= 4 is 64.8 Å². The van der Waals surface area contributed by atoms with E-state index in [4.69, 9.17) is 23.8 Å². The molecule has 1 aromatic heterocycles. The number of urea groups is 1. The monoisotopic (exact) mass is 457 g/mol. The lowest BCUT2D eigenvalue weighted by molar-refractivity contribution is -0.137. The summed E-state index contributed by atoms with van der Waals surface area (Å²) in [5.41, 5.74) is 2.10. The molecule has 1 unspecified atom stereocenters. The maximum atomic E-state index is 12.3. The number of rotatable bonds is 6. The van der Waals surface area contributed by atoms with Crippen LogP contribution in [0.15, 0.2) is 28.6 Å². The predicted octanol–water partition coefficient (Wildman–Crippen LogP) is 3.16. The van der Waals surface area contributed by atoms with Crippen molar-refractivity contribution in [2.24, 2.45) is 0 Å². The van der Waals surface area contributed by atoms with E-state index >= 15 is 0 Å². The zero-order valence-electron chi connectivity index (χ0n) is 14.9. The summed E-state index contributed by atoms with van der Waals surface area (Å²) in [7, 11) is 0. The Morgan fingerprint density at radius 2 is 2.07 bits per heavy atom. The van der Waals surface area contributed by atoms with Crippen LogP contribution in [0.2, 0.25) is 5.02 Å². The average Bonchev–Trinajstić information content (AvgIpc) is 3.13. The van der Waals surface area contributed by atoms with Crippen LogP contribution in [-0.2, 0) is 9.59 Å². The van der Waals surface area contributed by atoms with Crippen molar-refractivity contribution in [2.75, 3.05) is 5.75 Å². The number of imide groups is 1. The van der Waals surface area contributed by atoms with E-state index in [9.17, 15) is 14.4 Å². The number of thioether (sulfide) groups is 1. The van der Waals surface area contributed by atoms with Gasteiger partial charge in [-0.3, -0.25) is 15.0 Å². The standard InChI is InChI=1S/C16H16ClN5O3S3/c1-3-16(2)12(24)22(13(25)18-16)19-11(23)8-27-14-20-21(15(26)28-14)10-6-4-9(17)5-7-10/h4-7H,3,8H2,1-2H3,(H,18,25)(H,19,23). The number of amides is 4. The lowest BCUT2D eigenvalue weighted by Crippen LogP contribution is -2.49. The minimum Gasteiger partial charge on any atom is -0.322 e. The first kappa shape index (κ1) is 20.8. The molecule has 148 valence electrons. The molecule has 0 saturated carbocycles. The molecule has 2 N–H and O–H groups in total. The van der Waals surface area contributed by atoms with Gasteiger partial charge in [0, 0.05) is 5.02 Å². The van der Waals surface area contributed by atoms with Gasteiger partial charge in [0.1, 0.15) is 5.54 Å². The van der Waals surface area contributed by atoms with Crippen molar-refractivity contribution in [1.82, 2.24) is 25.5 Å². The van der Waals surface area contributed by atoms with Gasteiger partial charge in [-0.2, -0.15) is 5.01 Å². The van der Waals surface area contributed by atoms with Crippen LogP contribution in [0.4, 0.5) is 4.79 Å². The number of hydrogen-bond donors (Lipinski definition) is 2. The minimum absolute atomic E-state index is 0.0250. The quantitative estimate of drug-likeness (QED) is 0.393. The highest BCUT2D eigenvalue weighted by molar-refractivity contribution is 8.01. The van der Waals surface area contributed by atoms with E-state index in [1.165, 1.54) is 11.3 Å². The second-order valence-electron chi connectivity index (χ2n) is 6.10. The van der Waals surface area contributed by atoms with Crippen molar-refractivity contribution in [1.29, 1.82) is 0 Å². The molecular weight excluding hydrogens is 442 g/mol. The third-order valence-electron chi connectivity index (χ3n) is 4.13. The van der Waals surface area contributed by atoms with Gasteiger partial charge in [-0.1, -0.05) is 41.6 Å². The molecule has 0 spiro atoms. The predicted molar refractivity (Wildman–Crippen MR) is 110 cm³/mol. The maximum Gasteiger partial charge on any atom is 0.344 e. The summed E-state index contributed by atoms with van der Waals surface area (Å²) in [6.45, 7) is 3.40. The molecule has 0 bridgehead atoms. The van der Waals surface area contributed by atoms with E-state index in [0.717, 1.165) is 22.5 Å². The Balaban J connectivity index is 1.62. The molecule has 1 aromatic carbocycles. The first-order valence-electron chi connectivity index (χ1n) is 8.18. The number of nitrogens with zero attached hydrogens (tertiary/aromatic N) is 3. The Kier molecular flexibility index (Phi) is 6.08. The van der Waals surface area contributed by atoms with Crippen LogP contribution in [0.3, 0.4) is 0 Å². The summed E-state index contributed by atoms with van der Waals surface area (Å²) in [6, 6.07) is 6.42. The van der Waals surface area contributed by atoms with Crippen LogP contribution in [0, 0.1) is 3.95 Å². The largest absolute Gasteiger partial charge is 0.344 e. The highest BCUT2D eigenvalue weighted by Crippen LogP contribution is 2.25. The van der Waals surface area contributed by atoms with Crippen LogP contribution >= 0.6 is 46.9 Å². The molecule has 2 heterocycles. The van der Waals surface area contributed by atoms with E-state index < -0.39 is 23.4 Å². The van der Waals surface area contributed by atoms with Gasteiger partial charge >= 0.3 is 6.03 Å². The molecule has 0 aliphatic carbocycles. The second kappa shape index (κ2) is 8.19. The van der Waals surface area contributed by atoms with Gasteiger partial charge in [0.25, 0.3) is 5.91 Å². The molecule has 8 nitrogen and oxygen atoms in total. The fourth-order valence-corrected chi connectivity index (χ4v) is 4.65. The van der Waals surface area contributed by atoms with E-state index in [0.29, 0.717) is 19.7 Å². The molecule has 28 heavy (non-hydrogen) atoms. The van der Waals surface area contributed by atoms with Gasteiger partial charge in [-0.25, -0.2) is 9.48 Å². The highest BCUT2D eigenvalue weighted by atomic mass is 35.5. The van der Waals surface area contributed by atoms with Gasteiger partial charge < -0.3 is 5.32 Å². The first-order chi connectivity index (χ1) is 13.2. The van der Waals surface area contributed by atoms with Crippen molar-refractivity contribution < 1.29 is 14.4 Å². The molecule has 2 aromatic rings. The minimum atomic E-state index is -1.01. The van der Waals surface area contributed by atoms with Gasteiger partial charge in [-0.05, 0) is 49.8 Å². The molecule has 3 rings (SSSR count). The van der Waals surface area contributed by atoms with E-state index in [-0.39, 0.29) is 5.75 Å². The van der Waals surface area contributed by atoms with Crippen molar-refractivity contribution in [3.63, 3.8) is 0 Å². The first-order valence-corrected chi connectivity index (χ1v) is 10.8. The van der Waals surface area contributed by atoms with Crippen molar-refractivity contribution in [2.45, 2.75) is 30.1 Å². The molecule has 4 amide bonds. The number of aromatic nitrogens is 2. The number of halogens is 1. The molecule has 12 heteroatoms. The zero-order valence-corrected chi connectivity index (χ0v) is 18.1. The molecule has 0 radical (unpaired) electrons. The maximum absolute atomic E-state index is 12.3. The number of benzene rings is 1. The Hall–Kier alpha value is -1.95. The molecule has 1 aliphatic rings. The van der Waals surface area contributed by atoms with Crippen LogP contribution in [0.5, 0.6) is 0 Å². The summed E-state index contributed by atoms with van der Waals surface area (Å²) < 4.78 is 2.70. The van der Waals surface area contributed by atoms with Gasteiger partial charge in [0.15, 0.2) is 8.29 Å². The average molecular weight is 458 g/mol. The number of hydrogen-bond acceptors (Lipinski definition) is 7. The summed E-state index contributed by atoms with van der Waals surface area (Å²) in [5.74, 6) is -1.00. The summed E-state index contributed by atoms with van der Waals surface area (Å²) in [4.78, 5) is 36.4. The highest BCUT2D eigenvalue weighted by Gasteiger charge is 2.47. The normalized spacial score (nSPS) is 19.0. The molecular formula is C16H16ClN5O3S3. The second-order valence-corrected chi connectivity index (χ2v) is 9.38. The molecule has 1 atom stereocenters. The zero-order chi connectivity index (χ0) is 20.5. The Morgan fingerprint density at radius 1 is 1.39 bits per heavy atom. The molecule has 1 saturated heterocycles. The molecule has 1 fully saturated rings. The van der Waals surface area contributed by atoms with Gasteiger partial charge in [-0.15, -0.1) is 5.10 Å². The lowest BCUT2D eigenvalue weighted by atomic mass is 10.00. The Bertz CT molecular complexity index is 990. The van der Waals surface area contributed by atoms with E-state index in [1.807, 2.05) is 0 Å². The third kappa shape index (κ3) is 4.22. The van der Waals surface area contributed by atoms with Gasteiger partial charge in [0.2, 0.25) is 5.91 Å². The summed E-state index contributed by atoms with van der Waals surface area (Å²) >= 11 is 13.6. The summed E-state index contributed by atoms with van der Waals surface area (Å²) in [5, 5.41) is 8.29. The van der Waals surface area contributed by atoms with E-state index in [1.54, 1.807) is 42.8 Å². The van der Waals surface area contributed by atoms with Gasteiger partial charge in [0.05, 0.1) is 11.4 Å². The van der Waals surface area contributed by atoms with E-state index in [2.05, 4.69) is 15.8 Å². The van der Waals surface area contributed by atoms with Crippen LogP contribution < -0.4 is 10.7 Å². The fourth-order valence-electron chi connectivity index (χ4n) is 2.37. The fraction of sp³-hybridized carbons (Fsp3) is 0.312. The third-order valence-corrected chi connectivity index (χ3v) is 6.75. The Labute approximate surface area is 179 Å². The number of carbonyl (C=O) groups is 3. The van der Waals surface area contributed by atoms with Crippen LogP contribution in [-0.4, -0.2) is 43.9 Å². The Morgan fingerprint density at radius 3 is 2.68 bits per heavy atom. The van der Waals surface area contributed by atoms with Crippen LogP contribution in [0.1, 0.15) is 20.3 Å². The van der Waals surface area contributed by atoms with Crippen molar-refractivity contribution in [3.05, 3.63) is 33.2 Å². The van der Waals surface area contributed by atoms with Crippen molar-refractivity contribution in [3.8, 4) is 5.69 Å². The number of hydrazine groups is 1. The molecule has 1 aliphatic heterocycles. The van der Waals surface area contributed by atoms with Crippen LogP contribution in [0.25, 0.3) is 5.69 Å². The SMILES string of the molecule is CCC1(C)NC(=O)N(NC(=O)CSc2nn(-c3ccc(Cl)cc3)c(=S)s2)C1=O. The smallest absolute Gasteiger partial charge is 0.322 e. The number of nitrogens with one attached hydrogen (secondary N) is 2. The summed E-state index contributed by atoms with van der Waals surface area (Å²) in [6.07, 6.45) is 0.421. The number of carbonyl (C=O) groups excluding carboxylic acids is 3.